The Morgan fingerprint density at radius 3 is 2.71 bits per heavy atom. The SMILES string of the molecule is CCNc1nc(C)cc(Nc2ccccc2OC(F)F)n1. The molecule has 112 valence electrons. The normalized spacial score (nSPS) is 10.5. The number of aromatic nitrogens is 2. The predicted molar refractivity (Wildman–Crippen MR) is 77.3 cm³/mol. The van der Waals surface area contributed by atoms with Gasteiger partial charge in [0.25, 0.3) is 0 Å². The molecule has 0 aliphatic carbocycles. The average Bonchev–Trinajstić information content (AvgIpc) is 2.40. The van der Waals surface area contributed by atoms with Crippen molar-refractivity contribution in [1.82, 2.24) is 9.97 Å². The van der Waals surface area contributed by atoms with Gasteiger partial charge in [-0.25, -0.2) is 4.98 Å². The van der Waals surface area contributed by atoms with E-state index in [0.717, 1.165) is 5.69 Å². The number of para-hydroxylation sites is 2. The molecule has 1 aromatic heterocycles. The fourth-order valence-electron chi connectivity index (χ4n) is 1.78. The zero-order valence-corrected chi connectivity index (χ0v) is 11.7. The summed E-state index contributed by atoms with van der Waals surface area (Å²) in [6, 6.07) is 8.17. The molecular weight excluding hydrogens is 278 g/mol. The van der Waals surface area contributed by atoms with Gasteiger partial charge in [0.05, 0.1) is 5.69 Å². The quantitative estimate of drug-likeness (QED) is 0.853. The van der Waals surface area contributed by atoms with Gasteiger partial charge in [-0.15, -0.1) is 0 Å². The van der Waals surface area contributed by atoms with Crippen LogP contribution in [0.5, 0.6) is 5.75 Å². The molecule has 0 bridgehead atoms. The Balaban J connectivity index is 2.25. The summed E-state index contributed by atoms with van der Waals surface area (Å²) in [5.41, 5.74) is 1.18. The Kier molecular flexibility index (Phi) is 4.86. The van der Waals surface area contributed by atoms with Crippen LogP contribution >= 0.6 is 0 Å². The van der Waals surface area contributed by atoms with Gasteiger partial charge in [0.1, 0.15) is 11.6 Å². The summed E-state index contributed by atoms with van der Waals surface area (Å²) < 4.78 is 29.2. The summed E-state index contributed by atoms with van der Waals surface area (Å²) >= 11 is 0. The van der Waals surface area contributed by atoms with Gasteiger partial charge >= 0.3 is 6.61 Å². The second kappa shape index (κ2) is 6.83. The number of rotatable bonds is 6. The van der Waals surface area contributed by atoms with E-state index in [-0.39, 0.29) is 5.75 Å². The topological polar surface area (TPSA) is 59.1 Å². The van der Waals surface area contributed by atoms with Gasteiger partial charge < -0.3 is 15.4 Å². The Bertz CT molecular complexity index is 607. The first kappa shape index (κ1) is 15.0. The molecule has 2 rings (SSSR count). The zero-order chi connectivity index (χ0) is 15.2. The van der Waals surface area contributed by atoms with Crippen molar-refractivity contribution >= 4 is 17.5 Å². The molecule has 0 saturated carbocycles. The van der Waals surface area contributed by atoms with Crippen LogP contribution in [0.1, 0.15) is 12.6 Å². The molecule has 0 aliphatic heterocycles. The third kappa shape index (κ3) is 4.27. The number of anilines is 3. The van der Waals surface area contributed by atoms with Gasteiger partial charge in [-0.2, -0.15) is 13.8 Å². The maximum atomic E-state index is 12.4. The molecule has 0 unspecified atom stereocenters. The highest BCUT2D eigenvalue weighted by molar-refractivity contribution is 5.64. The molecule has 0 atom stereocenters. The van der Waals surface area contributed by atoms with Crippen molar-refractivity contribution in [3.8, 4) is 5.75 Å². The molecule has 0 amide bonds. The van der Waals surface area contributed by atoms with Gasteiger partial charge in [-0.05, 0) is 26.0 Å². The van der Waals surface area contributed by atoms with Crippen LogP contribution in [-0.2, 0) is 0 Å². The molecule has 0 radical (unpaired) electrons. The standard InChI is InChI=1S/C14H16F2N4O/c1-3-17-14-18-9(2)8-12(20-14)19-10-6-4-5-7-11(10)21-13(15)16/h4-8,13H,3H2,1-2H3,(H2,17,18,19,20). The summed E-state index contributed by atoms with van der Waals surface area (Å²) in [5, 5.41) is 5.98. The van der Waals surface area contributed by atoms with Crippen LogP contribution in [0.25, 0.3) is 0 Å². The highest BCUT2D eigenvalue weighted by atomic mass is 19.3. The lowest BCUT2D eigenvalue weighted by atomic mass is 10.3. The first-order chi connectivity index (χ1) is 10.1. The van der Waals surface area contributed by atoms with Gasteiger partial charge in [0.2, 0.25) is 5.95 Å². The third-order valence-corrected chi connectivity index (χ3v) is 2.55. The number of nitrogens with zero attached hydrogens (tertiary/aromatic N) is 2. The van der Waals surface area contributed by atoms with Crippen molar-refractivity contribution < 1.29 is 13.5 Å². The van der Waals surface area contributed by atoms with Crippen molar-refractivity contribution in [2.75, 3.05) is 17.2 Å². The van der Waals surface area contributed by atoms with Crippen LogP contribution in [0.4, 0.5) is 26.2 Å². The Labute approximate surface area is 121 Å². The minimum Gasteiger partial charge on any atom is -0.433 e. The largest absolute Gasteiger partial charge is 0.433 e. The maximum absolute atomic E-state index is 12.4. The maximum Gasteiger partial charge on any atom is 0.387 e. The van der Waals surface area contributed by atoms with E-state index in [1.807, 2.05) is 13.8 Å². The first-order valence-electron chi connectivity index (χ1n) is 6.49. The van der Waals surface area contributed by atoms with Crippen molar-refractivity contribution in [3.63, 3.8) is 0 Å². The van der Waals surface area contributed by atoms with E-state index in [9.17, 15) is 8.78 Å². The molecule has 0 fully saturated rings. The number of aryl methyl sites for hydroxylation is 1. The second-order valence-corrected chi connectivity index (χ2v) is 4.25. The van der Waals surface area contributed by atoms with E-state index in [1.54, 1.807) is 24.3 Å². The lowest BCUT2D eigenvalue weighted by molar-refractivity contribution is -0.0493. The molecule has 1 heterocycles. The minimum atomic E-state index is -2.88. The smallest absolute Gasteiger partial charge is 0.387 e. The van der Waals surface area contributed by atoms with E-state index in [0.29, 0.717) is 24.0 Å². The molecular formula is C14H16F2N4O. The van der Waals surface area contributed by atoms with Crippen LogP contribution in [-0.4, -0.2) is 23.1 Å². The van der Waals surface area contributed by atoms with E-state index < -0.39 is 6.61 Å². The summed E-state index contributed by atoms with van der Waals surface area (Å²) in [6.45, 7) is 1.57. The van der Waals surface area contributed by atoms with Crippen LogP contribution in [0.3, 0.4) is 0 Å². The predicted octanol–water partition coefficient (Wildman–Crippen LogP) is 3.56. The molecule has 7 heteroatoms. The fourth-order valence-corrected chi connectivity index (χ4v) is 1.78. The number of alkyl halides is 2. The summed E-state index contributed by atoms with van der Waals surface area (Å²) in [4.78, 5) is 8.49. The summed E-state index contributed by atoms with van der Waals surface area (Å²) in [7, 11) is 0. The monoisotopic (exact) mass is 294 g/mol. The van der Waals surface area contributed by atoms with Crippen LogP contribution in [0, 0.1) is 6.92 Å². The molecule has 2 N–H and O–H groups in total. The van der Waals surface area contributed by atoms with E-state index in [2.05, 4.69) is 25.3 Å². The molecule has 1 aromatic carbocycles. The van der Waals surface area contributed by atoms with Gasteiger partial charge in [-0.1, -0.05) is 12.1 Å². The average molecular weight is 294 g/mol. The second-order valence-electron chi connectivity index (χ2n) is 4.25. The Morgan fingerprint density at radius 2 is 2.00 bits per heavy atom. The van der Waals surface area contributed by atoms with Gasteiger partial charge in [-0.3, -0.25) is 0 Å². The minimum absolute atomic E-state index is 0.0637. The highest BCUT2D eigenvalue weighted by Gasteiger charge is 2.10. The molecule has 5 nitrogen and oxygen atoms in total. The first-order valence-corrected chi connectivity index (χ1v) is 6.49. The molecule has 0 spiro atoms. The van der Waals surface area contributed by atoms with Crippen LogP contribution < -0.4 is 15.4 Å². The lowest BCUT2D eigenvalue weighted by Gasteiger charge is -2.13. The number of halogens is 2. The Hall–Kier alpha value is -2.44. The van der Waals surface area contributed by atoms with Crippen molar-refractivity contribution in [2.24, 2.45) is 0 Å². The Morgan fingerprint density at radius 1 is 1.24 bits per heavy atom. The van der Waals surface area contributed by atoms with Gasteiger partial charge in [0.15, 0.2) is 0 Å². The van der Waals surface area contributed by atoms with E-state index in [4.69, 9.17) is 0 Å². The van der Waals surface area contributed by atoms with Crippen LogP contribution in [0.15, 0.2) is 30.3 Å². The van der Waals surface area contributed by atoms with E-state index in [1.165, 1.54) is 6.07 Å². The number of benzene rings is 1. The zero-order valence-electron chi connectivity index (χ0n) is 11.7. The lowest BCUT2D eigenvalue weighted by Crippen LogP contribution is -2.07. The van der Waals surface area contributed by atoms with Crippen molar-refractivity contribution in [1.29, 1.82) is 0 Å². The highest BCUT2D eigenvalue weighted by Crippen LogP contribution is 2.28. The number of hydrogen-bond donors (Lipinski definition) is 2. The van der Waals surface area contributed by atoms with Crippen LogP contribution in [0.2, 0.25) is 0 Å². The van der Waals surface area contributed by atoms with Crippen molar-refractivity contribution in [2.45, 2.75) is 20.5 Å². The number of ether oxygens (including phenoxy) is 1. The van der Waals surface area contributed by atoms with Crippen molar-refractivity contribution in [3.05, 3.63) is 36.0 Å². The molecule has 0 aliphatic rings. The number of nitrogens with one attached hydrogen (secondary N) is 2. The fraction of sp³-hybridized carbons (Fsp3) is 0.286. The third-order valence-electron chi connectivity index (χ3n) is 2.55. The summed E-state index contributed by atoms with van der Waals surface area (Å²) in [5.74, 6) is 1.05. The number of hydrogen-bond acceptors (Lipinski definition) is 5. The summed E-state index contributed by atoms with van der Waals surface area (Å²) in [6.07, 6.45) is 0. The molecule has 0 saturated heterocycles. The van der Waals surface area contributed by atoms with Gasteiger partial charge in [0, 0.05) is 18.3 Å². The van der Waals surface area contributed by atoms with E-state index >= 15 is 0 Å². The molecule has 21 heavy (non-hydrogen) atoms. The molecule has 2 aromatic rings.